The van der Waals surface area contributed by atoms with Crippen LogP contribution in [0.3, 0.4) is 0 Å². The third kappa shape index (κ3) is 2.45. The minimum atomic E-state index is 0.170. The maximum atomic E-state index is 5.39. The van der Waals surface area contributed by atoms with E-state index in [0.717, 1.165) is 16.0 Å². The van der Waals surface area contributed by atoms with Gasteiger partial charge in [-0.1, -0.05) is 24.1 Å². The minimum Gasteiger partial charge on any atom is -0.421 e. The Balaban J connectivity index is 3.09. The van der Waals surface area contributed by atoms with Crippen LogP contribution in [0.4, 0.5) is 0 Å². The van der Waals surface area contributed by atoms with Crippen LogP contribution in [-0.2, 0) is 4.43 Å². The van der Waals surface area contributed by atoms with Gasteiger partial charge in [-0.2, -0.15) is 0 Å². The summed E-state index contributed by atoms with van der Waals surface area (Å²) in [6.45, 7) is 3.91. The Morgan fingerprint density at radius 1 is 1.38 bits per heavy atom. The van der Waals surface area contributed by atoms with E-state index >= 15 is 0 Å². The van der Waals surface area contributed by atoms with Gasteiger partial charge in [-0.15, -0.1) is 5.92 Å². The molecule has 0 radical (unpaired) electrons. The van der Waals surface area contributed by atoms with Crippen molar-refractivity contribution in [3.05, 3.63) is 35.4 Å². The Bertz CT molecular complexity index is 335. The van der Waals surface area contributed by atoms with Crippen molar-refractivity contribution in [1.82, 2.24) is 0 Å². The van der Waals surface area contributed by atoms with Crippen LogP contribution in [0.5, 0.6) is 0 Å². The lowest BCUT2D eigenvalue weighted by atomic mass is 10.0. The lowest BCUT2D eigenvalue weighted by molar-refractivity contribution is 0.250. The Morgan fingerprint density at radius 3 is 2.69 bits per heavy atom. The van der Waals surface area contributed by atoms with Gasteiger partial charge in [0.25, 0.3) is 0 Å². The largest absolute Gasteiger partial charge is 0.421 e. The lowest BCUT2D eigenvalue weighted by Crippen LogP contribution is -1.99. The summed E-state index contributed by atoms with van der Waals surface area (Å²) in [5.74, 6) is 5.99. The van der Waals surface area contributed by atoms with Crippen LogP contribution in [0.25, 0.3) is 0 Å². The summed E-state index contributed by atoms with van der Waals surface area (Å²) >= 11 is 0. The van der Waals surface area contributed by atoms with Crippen molar-refractivity contribution in [3.8, 4) is 11.8 Å². The van der Waals surface area contributed by atoms with Gasteiger partial charge in [-0.3, -0.25) is 0 Å². The minimum absolute atomic E-state index is 0.170. The van der Waals surface area contributed by atoms with Crippen molar-refractivity contribution < 1.29 is 4.43 Å². The molecule has 0 spiro atoms. The molecular weight excluding hydrogens is 176 g/mol. The average Bonchev–Trinajstić information content (AvgIpc) is 2.18. The van der Waals surface area contributed by atoms with Crippen molar-refractivity contribution in [2.45, 2.75) is 20.0 Å². The van der Waals surface area contributed by atoms with Gasteiger partial charge >= 0.3 is 0 Å². The molecule has 1 rings (SSSR count). The van der Waals surface area contributed by atoms with Gasteiger partial charge in [0.2, 0.25) is 0 Å². The van der Waals surface area contributed by atoms with E-state index in [4.69, 9.17) is 4.43 Å². The molecule has 0 aliphatic heterocycles. The zero-order valence-corrected chi connectivity index (χ0v) is 10.3. The monoisotopic (exact) mass is 190 g/mol. The second kappa shape index (κ2) is 4.86. The first-order chi connectivity index (χ1) is 6.29. The SMILES string of the molecule is CC#Cc1ccccc1C(C)O[SiH3]. The third-order valence-corrected chi connectivity index (χ3v) is 2.72. The topological polar surface area (TPSA) is 9.23 Å². The van der Waals surface area contributed by atoms with E-state index < -0.39 is 0 Å². The fraction of sp³-hybridized carbons (Fsp3) is 0.273. The molecule has 1 unspecified atom stereocenters. The molecule has 0 heterocycles. The maximum Gasteiger partial charge on any atom is 0.146 e. The summed E-state index contributed by atoms with van der Waals surface area (Å²) in [7, 11) is 0.761. The van der Waals surface area contributed by atoms with E-state index in [0.29, 0.717) is 0 Å². The Morgan fingerprint density at radius 2 is 2.08 bits per heavy atom. The smallest absolute Gasteiger partial charge is 0.146 e. The number of hydrogen-bond acceptors (Lipinski definition) is 1. The van der Waals surface area contributed by atoms with E-state index in [9.17, 15) is 0 Å². The zero-order valence-electron chi connectivity index (χ0n) is 8.29. The highest BCUT2D eigenvalue weighted by molar-refractivity contribution is 5.98. The van der Waals surface area contributed by atoms with E-state index in [1.165, 1.54) is 5.56 Å². The van der Waals surface area contributed by atoms with Gasteiger partial charge < -0.3 is 4.43 Å². The van der Waals surface area contributed by atoms with E-state index in [2.05, 4.69) is 24.8 Å². The van der Waals surface area contributed by atoms with Gasteiger partial charge in [-0.25, -0.2) is 0 Å². The molecule has 1 atom stereocenters. The van der Waals surface area contributed by atoms with E-state index in [-0.39, 0.29) is 6.10 Å². The van der Waals surface area contributed by atoms with Crippen molar-refractivity contribution in [3.63, 3.8) is 0 Å². The summed E-state index contributed by atoms with van der Waals surface area (Å²) in [6, 6.07) is 8.13. The van der Waals surface area contributed by atoms with E-state index in [1.807, 2.05) is 25.1 Å². The van der Waals surface area contributed by atoms with Crippen molar-refractivity contribution in [1.29, 1.82) is 0 Å². The van der Waals surface area contributed by atoms with Crippen LogP contribution >= 0.6 is 0 Å². The van der Waals surface area contributed by atoms with Crippen molar-refractivity contribution in [2.24, 2.45) is 0 Å². The Kier molecular flexibility index (Phi) is 3.75. The molecule has 1 aromatic carbocycles. The fourth-order valence-corrected chi connectivity index (χ4v) is 1.48. The lowest BCUT2D eigenvalue weighted by Gasteiger charge is -2.12. The molecule has 0 aromatic heterocycles. The molecule has 0 aliphatic rings. The summed E-state index contributed by atoms with van der Waals surface area (Å²) in [4.78, 5) is 0. The fourth-order valence-electron chi connectivity index (χ4n) is 1.23. The summed E-state index contributed by atoms with van der Waals surface area (Å²) < 4.78 is 5.39. The summed E-state index contributed by atoms with van der Waals surface area (Å²) in [5, 5.41) is 0. The molecule has 0 amide bonds. The normalized spacial score (nSPS) is 11.8. The molecule has 0 saturated carbocycles. The maximum absolute atomic E-state index is 5.39. The first-order valence-corrected chi connectivity index (χ1v) is 5.15. The van der Waals surface area contributed by atoms with Gasteiger partial charge in [-0.05, 0) is 25.5 Å². The summed E-state index contributed by atoms with van der Waals surface area (Å²) in [6.07, 6.45) is 0.170. The van der Waals surface area contributed by atoms with Crippen LogP contribution < -0.4 is 0 Å². The predicted octanol–water partition coefficient (Wildman–Crippen LogP) is 1.42. The molecule has 68 valence electrons. The highest BCUT2D eigenvalue weighted by Crippen LogP contribution is 2.18. The first-order valence-electron chi connectivity index (χ1n) is 4.34. The molecule has 13 heavy (non-hydrogen) atoms. The molecule has 1 aromatic rings. The van der Waals surface area contributed by atoms with Crippen molar-refractivity contribution in [2.75, 3.05) is 0 Å². The highest BCUT2D eigenvalue weighted by Gasteiger charge is 2.05. The van der Waals surface area contributed by atoms with Crippen LogP contribution in [0.15, 0.2) is 24.3 Å². The van der Waals surface area contributed by atoms with Crippen LogP contribution in [0.2, 0.25) is 0 Å². The molecule has 0 saturated heterocycles. The van der Waals surface area contributed by atoms with E-state index in [1.54, 1.807) is 0 Å². The summed E-state index contributed by atoms with van der Waals surface area (Å²) in [5.41, 5.74) is 2.26. The molecular formula is C11H14OSi. The average molecular weight is 190 g/mol. The molecule has 0 aliphatic carbocycles. The van der Waals surface area contributed by atoms with Gasteiger partial charge in [0, 0.05) is 5.56 Å². The second-order valence-electron chi connectivity index (χ2n) is 2.84. The van der Waals surface area contributed by atoms with Crippen LogP contribution in [0.1, 0.15) is 31.1 Å². The van der Waals surface area contributed by atoms with Crippen LogP contribution in [-0.4, -0.2) is 10.5 Å². The zero-order chi connectivity index (χ0) is 9.68. The quantitative estimate of drug-likeness (QED) is 0.506. The Hall–Kier alpha value is -1.04. The van der Waals surface area contributed by atoms with Crippen LogP contribution in [0, 0.1) is 11.8 Å². The highest BCUT2D eigenvalue weighted by atomic mass is 28.2. The molecule has 0 fully saturated rings. The predicted molar refractivity (Wildman–Crippen MR) is 58.4 cm³/mol. The van der Waals surface area contributed by atoms with Crippen molar-refractivity contribution >= 4 is 10.5 Å². The van der Waals surface area contributed by atoms with Gasteiger partial charge in [0.1, 0.15) is 10.5 Å². The number of hydrogen-bond donors (Lipinski definition) is 0. The molecule has 0 bridgehead atoms. The first kappa shape index (κ1) is 10.0. The molecule has 2 heteroatoms. The second-order valence-corrected chi connectivity index (χ2v) is 3.31. The standard InChI is InChI=1S/C11H14OSi/c1-3-6-10-7-4-5-8-11(10)9(2)12-13/h4-5,7-9H,1-2,13H3. The Labute approximate surface area is 82.7 Å². The molecule has 0 N–H and O–H groups in total. The third-order valence-electron chi connectivity index (χ3n) is 2.01. The number of rotatable bonds is 2. The molecule has 1 nitrogen and oxygen atoms in total. The van der Waals surface area contributed by atoms with Gasteiger partial charge in [0.05, 0.1) is 6.10 Å². The van der Waals surface area contributed by atoms with Gasteiger partial charge in [0.15, 0.2) is 0 Å². The number of benzene rings is 1.